The predicted octanol–water partition coefficient (Wildman–Crippen LogP) is 3.76. The van der Waals surface area contributed by atoms with Crippen LogP contribution in [0.5, 0.6) is 5.75 Å². The molecule has 0 aromatic heterocycles. The third-order valence-corrected chi connectivity index (χ3v) is 6.07. The summed E-state index contributed by atoms with van der Waals surface area (Å²) in [5.74, 6) is -0.209. The summed E-state index contributed by atoms with van der Waals surface area (Å²) in [6, 6.07) is 21.7. The van der Waals surface area contributed by atoms with Crippen LogP contribution in [-0.2, 0) is 9.53 Å². The molecule has 0 unspecified atom stereocenters. The molecule has 1 aliphatic rings. The normalized spacial score (nSPS) is 13.2. The lowest BCUT2D eigenvalue weighted by atomic mass is 10.1. The van der Waals surface area contributed by atoms with E-state index in [0.29, 0.717) is 48.7 Å². The molecule has 8 nitrogen and oxygen atoms in total. The Bertz CT molecular complexity index is 1240. The topological polar surface area (TPSA) is 88.2 Å². The van der Waals surface area contributed by atoms with Gasteiger partial charge in [-0.1, -0.05) is 36.4 Å². The van der Waals surface area contributed by atoms with Crippen molar-refractivity contribution in [3.63, 3.8) is 0 Å². The zero-order valence-electron chi connectivity index (χ0n) is 20.4. The second-order valence-electron chi connectivity index (χ2n) is 8.47. The molecule has 0 saturated carbocycles. The summed E-state index contributed by atoms with van der Waals surface area (Å²) >= 11 is 0. The van der Waals surface area contributed by atoms with Crippen LogP contribution < -0.4 is 15.0 Å². The number of para-hydroxylation sites is 1. The van der Waals surface area contributed by atoms with Gasteiger partial charge in [0.1, 0.15) is 5.75 Å². The van der Waals surface area contributed by atoms with Crippen molar-refractivity contribution in [3.8, 4) is 5.75 Å². The maximum atomic E-state index is 12.8. The number of nitrogens with one attached hydrogen (secondary N) is 1. The molecule has 186 valence electrons. The van der Waals surface area contributed by atoms with Gasteiger partial charge in [-0.25, -0.2) is 4.79 Å². The van der Waals surface area contributed by atoms with Gasteiger partial charge in [0.2, 0.25) is 0 Å². The molecule has 1 saturated heterocycles. The fourth-order valence-electron chi connectivity index (χ4n) is 4.12. The molecule has 36 heavy (non-hydrogen) atoms. The maximum absolute atomic E-state index is 12.8. The molecule has 2 amide bonds. The lowest BCUT2D eigenvalue weighted by molar-refractivity contribution is -0.118. The zero-order chi connectivity index (χ0) is 25.5. The number of rotatable bonds is 7. The van der Waals surface area contributed by atoms with E-state index in [-0.39, 0.29) is 18.4 Å². The average Bonchev–Trinajstić information content (AvgIpc) is 2.92. The van der Waals surface area contributed by atoms with Crippen LogP contribution in [0.15, 0.2) is 72.8 Å². The number of aryl methyl sites for hydroxylation is 1. The Morgan fingerprint density at radius 1 is 0.861 bits per heavy atom. The summed E-state index contributed by atoms with van der Waals surface area (Å²) in [6.45, 7) is 3.98. The number of piperazine rings is 1. The minimum Gasteiger partial charge on any atom is -0.483 e. The van der Waals surface area contributed by atoms with Crippen molar-refractivity contribution in [1.82, 2.24) is 4.90 Å². The highest BCUT2D eigenvalue weighted by atomic mass is 16.5. The first-order valence-corrected chi connectivity index (χ1v) is 11.8. The number of methoxy groups -OCH3 is 1. The van der Waals surface area contributed by atoms with E-state index >= 15 is 0 Å². The van der Waals surface area contributed by atoms with Crippen molar-refractivity contribution in [1.29, 1.82) is 0 Å². The molecule has 1 aliphatic heterocycles. The number of carbonyl (C=O) groups excluding carboxylic acids is 3. The molecule has 1 heterocycles. The van der Waals surface area contributed by atoms with E-state index in [1.54, 1.807) is 18.2 Å². The van der Waals surface area contributed by atoms with Crippen LogP contribution in [0, 0.1) is 6.92 Å². The summed E-state index contributed by atoms with van der Waals surface area (Å²) in [5, 5.41) is 2.88. The molecule has 4 rings (SSSR count). The lowest BCUT2D eigenvalue weighted by Crippen LogP contribution is -2.49. The fraction of sp³-hybridized carbons (Fsp3) is 0.250. The first-order valence-electron chi connectivity index (χ1n) is 11.8. The smallest absolute Gasteiger partial charge is 0.337 e. The predicted molar refractivity (Wildman–Crippen MR) is 138 cm³/mol. The van der Waals surface area contributed by atoms with Gasteiger partial charge in [-0.05, 0) is 48.9 Å². The molecule has 0 aliphatic carbocycles. The number of hydrogen-bond donors (Lipinski definition) is 1. The minimum atomic E-state index is -0.494. The summed E-state index contributed by atoms with van der Waals surface area (Å²) in [5.41, 5.74) is 3.17. The number of hydrogen-bond acceptors (Lipinski definition) is 6. The number of amides is 2. The van der Waals surface area contributed by atoms with Crippen LogP contribution in [0.4, 0.5) is 11.4 Å². The van der Waals surface area contributed by atoms with Crippen molar-refractivity contribution in [3.05, 3.63) is 89.5 Å². The van der Waals surface area contributed by atoms with Crippen LogP contribution in [0.25, 0.3) is 0 Å². The molecule has 1 N–H and O–H groups in total. The van der Waals surface area contributed by atoms with E-state index < -0.39 is 5.97 Å². The first-order chi connectivity index (χ1) is 17.5. The molecular formula is C28H29N3O5. The van der Waals surface area contributed by atoms with Gasteiger partial charge in [0.05, 0.1) is 24.0 Å². The molecule has 0 radical (unpaired) electrons. The Balaban J connectivity index is 1.47. The number of anilines is 2. The molecule has 0 bridgehead atoms. The van der Waals surface area contributed by atoms with Gasteiger partial charge in [0.15, 0.2) is 6.61 Å². The Morgan fingerprint density at radius 2 is 1.56 bits per heavy atom. The van der Waals surface area contributed by atoms with Gasteiger partial charge >= 0.3 is 5.97 Å². The van der Waals surface area contributed by atoms with Gasteiger partial charge in [0, 0.05) is 31.7 Å². The molecule has 1 fully saturated rings. The van der Waals surface area contributed by atoms with Gasteiger partial charge in [-0.2, -0.15) is 0 Å². The van der Waals surface area contributed by atoms with E-state index in [4.69, 9.17) is 9.47 Å². The van der Waals surface area contributed by atoms with Crippen molar-refractivity contribution in [2.45, 2.75) is 6.92 Å². The summed E-state index contributed by atoms with van der Waals surface area (Å²) in [6.07, 6.45) is 0. The Kier molecular flexibility index (Phi) is 7.85. The minimum absolute atomic E-state index is 0.00169. The molecule has 0 spiro atoms. The molecule has 3 aromatic carbocycles. The van der Waals surface area contributed by atoms with Gasteiger partial charge in [-0.3, -0.25) is 9.59 Å². The van der Waals surface area contributed by atoms with Crippen LogP contribution in [0.2, 0.25) is 0 Å². The maximum Gasteiger partial charge on any atom is 0.337 e. The van der Waals surface area contributed by atoms with E-state index in [1.807, 2.05) is 66.4 Å². The number of esters is 1. The zero-order valence-corrected chi connectivity index (χ0v) is 20.4. The van der Waals surface area contributed by atoms with E-state index in [2.05, 4.69) is 10.2 Å². The van der Waals surface area contributed by atoms with Gasteiger partial charge < -0.3 is 24.6 Å². The number of carbonyl (C=O) groups is 3. The number of benzene rings is 3. The second-order valence-corrected chi connectivity index (χ2v) is 8.47. The number of ether oxygens (including phenoxy) is 2. The molecule has 3 aromatic rings. The monoisotopic (exact) mass is 487 g/mol. The average molecular weight is 488 g/mol. The molecular weight excluding hydrogens is 458 g/mol. The van der Waals surface area contributed by atoms with Crippen molar-refractivity contribution in [2.24, 2.45) is 0 Å². The van der Waals surface area contributed by atoms with Crippen molar-refractivity contribution in [2.75, 3.05) is 50.1 Å². The lowest BCUT2D eigenvalue weighted by Gasteiger charge is -2.37. The highest BCUT2D eigenvalue weighted by molar-refractivity contribution is 5.99. The second kappa shape index (κ2) is 11.4. The fourth-order valence-corrected chi connectivity index (χ4v) is 4.12. The summed E-state index contributed by atoms with van der Waals surface area (Å²) in [4.78, 5) is 41.6. The van der Waals surface area contributed by atoms with Crippen LogP contribution in [-0.4, -0.2) is 62.6 Å². The Morgan fingerprint density at radius 3 is 2.25 bits per heavy atom. The third kappa shape index (κ3) is 5.83. The molecule has 8 heteroatoms. The summed E-state index contributed by atoms with van der Waals surface area (Å²) in [7, 11) is 1.31. The number of nitrogens with zero attached hydrogens (tertiary/aromatic N) is 2. The van der Waals surface area contributed by atoms with Crippen molar-refractivity contribution >= 4 is 29.2 Å². The third-order valence-electron chi connectivity index (χ3n) is 6.07. The standard InChI is InChI=1S/C28H29N3O5/c1-20-8-6-7-11-25(20)36-19-26(32)29-23-18-22(28(34)35-2)12-13-24(23)30-14-16-31(17-15-30)27(33)21-9-4-3-5-10-21/h3-13,18H,14-17,19H2,1-2H3,(H,29,32). The SMILES string of the molecule is COC(=O)c1ccc(N2CCN(C(=O)c3ccccc3)CC2)c(NC(=O)COc2ccccc2C)c1. The van der Waals surface area contributed by atoms with Crippen LogP contribution >= 0.6 is 0 Å². The summed E-state index contributed by atoms with van der Waals surface area (Å²) < 4.78 is 10.5. The van der Waals surface area contributed by atoms with E-state index in [9.17, 15) is 14.4 Å². The van der Waals surface area contributed by atoms with E-state index in [0.717, 1.165) is 11.3 Å². The largest absolute Gasteiger partial charge is 0.483 e. The van der Waals surface area contributed by atoms with E-state index in [1.165, 1.54) is 7.11 Å². The molecule has 0 atom stereocenters. The van der Waals surface area contributed by atoms with Crippen molar-refractivity contribution < 1.29 is 23.9 Å². The Hall–Kier alpha value is -4.33. The Labute approximate surface area is 210 Å². The van der Waals surface area contributed by atoms with Crippen LogP contribution in [0.1, 0.15) is 26.3 Å². The van der Waals surface area contributed by atoms with Gasteiger partial charge in [0.25, 0.3) is 11.8 Å². The van der Waals surface area contributed by atoms with Gasteiger partial charge in [-0.15, -0.1) is 0 Å². The quantitative estimate of drug-likeness (QED) is 0.511. The highest BCUT2D eigenvalue weighted by Crippen LogP contribution is 2.29. The highest BCUT2D eigenvalue weighted by Gasteiger charge is 2.24. The van der Waals surface area contributed by atoms with Crippen LogP contribution in [0.3, 0.4) is 0 Å². The first kappa shape index (κ1) is 24.8.